The molecule has 0 nitrogen and oxygen atoms in total. The topological polar surface area (TPSA) is 0 Å². The average molecular weight is 379 g/mol. The summed E-state index contributed by atoms with van der Waals surface area (Å²) in [6, 6.07) is 16.7. The van der Waals surface area contributed by atoms with Crippen LogP contribution in [0.4, 0.5) is 0 Å². The number of hydrogen-bond donors (Lipinski definition) is 0. The van der Waals surface area contributed by atoms with E-state index >= 15 is 0 Å². The molecule has 1 unspecified atom stereocenters. The van der Waals surface area contributed by atoms with Crippen molar-refractivity contribution in [1.29, 1.82) is 0 Å². The minimum absolute atomic E-state index is 0.527. The lowest BCUT2D eigenvalue weighted by atomic mass is 9.85. The standard InChI is InChI=1S/C29H30/c1-17-8-18(2)11-22(10-17)25-6-7-26-28(25)16-23-12-21(5)15-27(23)29(26)24-13-19(3)9-20(4)14-24/h8-11,13-16,25H,6-7,12H2,1-5H3. The van der Waals surface area contributed by atoms with Crippen molar-refractivity contribution in [2.45, 2.75) is 59.8 Å². The number of hydrogen-bond acceptors (Lipinski definition) is 0. The molecule has 0 N–H and O–H groups in total. The Balaban J connectivity index is 1.74. The second-order valence-electron chi connectivity index (χ2n) is 9.45. The number of rotatable bonds is 2. The smallest absolute Gasteiger partial charge is 0.00957 e. The van der Waals surface area contributed by atoms with Crippen molar-refractivity contribution in [3.05, 3.63) is 98.1 Å². The highest BCUT2D eigenvalue weighted by atomic mass is 14.3. The number of aryl methyl sites for hydroxylation is 4. The zero-order chi connectivity index (χ0) is 20.3. The molecule has 0 heterocycles. The van der Waals surface area contributed by atoms with E-state index in [9.17, 15) is 0 Å². The van der Waals surface area contributed by atoms with Crippen LogP contribution in [0.3, 0.4) is 0 Å². The van der Waals surface area contributed by atoms with Gasteiger partial charge in [0.15, 0.2) is 0 Å². The van der Waals surface area contributed by atoms with Crippen LogP contribution in [0, 0.1) is 27.7 Å². The fourth-order valence-corrected chi connectivity index (χ4v) is 5.76. The molecular weight excluding hydrogens is 348 g/mol. The highest BCUT2D eigenvalue weighted by molar-refractivity contribution is 5.85. The Morgan fingerprint density at radius 3 is 2.00 bits per heavy atom. The lowest BCUT2D eigenvalue weighted by molar-refractivity contribution is 0.786. The molecule has 5 rings (SSSR count). The normalized spacial score (nSPS) is 17.3. The van der Waals surface area contributed by atoms with Crippen LogP contribution < -0.4 is 0 Å². The Morgan fingerprint density at radius 1 is 0.724 bits per heavy atom. The summed E-state index contributed by atoms with van der Waals surface area (Å²) in [4.78, 5) is 0. The van der Waals surface area contributed by atoms with E-state index in [0.29, 0.717) is 5.92 Å². The number of allylic oxidation sites excluding steroid dienone is 1. The van der Waals surface area contributed by atoms with Crippen molar-refractivity contribution in [2.24, 2.45) is 0 Å². The summed E-state index contributed by atoms with van der Waals surface area (Å²) in [6.45, 7) is 11.2. The molecule has 3 aromatic rings. The van der Waals surface area contributed by atoms with Gasteiger partial charge in [-0.15, -0.1) is 0 Å². The predicted octanol–water partition coefficient (Wildman–Crippen LogP) is 7.62. The van der Waals surface area contributed by atoms with Gasteiger partial charge in [0.05, 0.1) is 0 Å². The third-order valence-electron chi connectivity index (χ3n) is 6.67. The Bertz CT molecular complexity index is 1130. The van der Waals surface area contributed by atoms with Gasteiger partial charge in [-0.1, -0.05) is 76.4 Å². The third-order valence-corrected chi connectivity index (χ3v) is 6.67. The second kappa shape index (κ2) is 6.73. The van der Waals surface area contributed by atoms with Gasteiger partial charge >= 0.3 is 0 Å². The first kappa shape index (κ1) is 18.4. The Hall–Kier alpha value is -2.60. The lowest BCUT2D eigenvalue weighted by Gasteiger charge is -2.19. The Labute approximate surface area is 175 Å². The summed E-state index contributed by atoms with van der Waals surface area (Å²) in [5.41, 5.74) is 17.5. The first-order valence-electron chi connectivity index (χ1n) is 10.9. The van der Waals surface area contributed by atoms with E-state index in [1.54, 1.807) is 11.1 Å². The van der Waals surface area contributed by atoms with Crippen LogP contribution in [0.25, 0.3) is 17.2 Å². The van der Waals surface area contributed by atoms with E-state index < -0.39 is 0 Å². The van der Waals surface area contributed by atoms with E-state index in [4.69, 9.17) is 0 Å². The molecule has 0 radical (unpaired) electrons. The summed E-state index contributed by atoms with van der Waals surface area (Å²) < 4.78 is 0. The Kier molecular flexibility index (Phi) is 4.28. The summed E-state index contributed by atoms with van der Waals surface area (Å²) in [7, 11) is 0. The fraction of sp³-hybridized carbons (Fsp3) is 0.310. The molecule has 0 amide bonds. The van der Waals surface area contributed by atoms with Crippen LogP contribution in [-0.2, 0) is 12.8 Å². The van der Waals surface area contributed by atoms with Crippen LogP contribution in [0.5, 0.6) is 0 Å². The van der Waals surface area contributed by atoms with Gasteiger partial charge < -0.3 is 0 Å². The third kappa shape index (κ3) is 3.15. The first-order chi connectivity index (χ1) is 13.9. The lowest BCUT2D eigenvalue weighted by Crippen LogP contribution is -2.01. The van der Waals surface area contributed by atoms with Gasteiger partial charge in [-0.25, -0.2) is 0 Å². The van der Waals surface area contributed by atoms with Crippen LogP contribution in [0.15, 0.2) is 48.0 Å². The van der Waals surface area contributed by atoms with Crippen molar-refractivity contribution in [3.63, 3.8) is 0 Å². The minimum Gasteiger partial charge on any atom is -0.0683 e. The first-order valence-corrected chi connectivity index (χ1v) is 10.9. The zero-order valence-corrected chi connectivity index (χ0v) is 18.3. The Morgan fingerprint density at radius 2 is 1.34 bits per heavy atom. The molecular formula is C29H30. The largest absolute Gasteiger partial charge is 0.0683 e. The van der Waals surface area contributed by atoms with E-state index in [1.807, 2.05) is 0 Å². The summed E-state index contributed by atoms with van der Waals surface area (Å²) >= 11 is 0. The van der Waals surface area contributed by atoms with Gasteiger partial charge in [0, 0.05) is 5.92 Å². The maximum absolute atomic E-state index is 2.54. The van der Waals surface area contributed by atoms with Crippen molar-refractivity contribution < 1.29 is 0 Å². The quantitative estimate of drug-likeness (QED) is 0.430. The molecule has 0 fully saturated rings. The number of benzene rings is 3. The molecule has 2 aliphatic rings. The summed E-state index contributed by atoms with van der Waals surface area (Å²) in [6.07, 6.45) is 5.93. The van der Waals surface area contributed by atoms with Crippen LogP contribution >= 0.6 is 0 Å². The molecule has 0 aromatic heterocycles. The molecule has 146 valence electrons. The van der Waals surface area contributed by atoms with Gasteiger partial charge in [0.1, 0.15) is 0 Å². The molecule has 0 bridgehead atoms. The average Bonchev–Trinajstić information content (AvgIpc) is 3.19. The highest BCUT2D eigenvalue weighted by Crippen LogP contribution is 2.47. The molecule has 2 aliphatic carbocycles. The fourth-order valence-electron chi connectivity index (χ4n) is 5.76. The maximum atomic E-state index is 2.54. The molecule has 0 saturated heterocycles. The molecule has 0 heteroatoms. The SMILES string of the molecule is CC1=Cc2c(cc3c(c2-c2cc(C)cc(C)c2)CCC3c2cc(C)cc(C)c2)C1. The van der Waals surface area contributed by atoms with Crippen molar-refractivity contribution in [1.82, 2.24) is 0 Å². The van der Waals surface area contributed by atoms with Crippen LogP contribution in [0.2, 0.25) is 0 Å². The van der Waals surface area contributed by atoms with E-state index in [2.05, 4.69) is 83.2 Å². The minimum atomic E-state index is 0.527. The molecule has 0 aliphatic heterocycles. The van der Waals surface area contributed by atoms with Crippen LogP contribution in [0.1, 0.15) is 69.3 Å². The van der Waals surface area contributed by atoms with E-state index in [-0.39, 0.29) is 0 Å². The maximum Gasteiger partial charge on any atom is 0.00957 e. The van der Waals surface area contributed by atoms with Crippen molar-refractivity contribution >= 4 is 6.08 Å². The van der Waals surface area contributed by atoms with E-state index in [0.717, 1.165) is 6.42 Å². The van der Waals surface area contributed by atoms with Crippen molar-refractivity contribution in [2.75, 3.05) is 0 Å². The van der Waals surface area contributed by atoms with Gasteiger partial charge in [0.2, 0.25) is 0 Å². The second-order valence-corrected chi connectivity index (χ2v) is 9.45. The molecule has 29 heavy (non-hydrogen) atoms. The molecule has 1 atom stereocenters. The summed E-state index contributed by atoms with van der Waals surface area (Å²) in [5, 5.41) is 0. The zero-order valence-electron chi connectivity index (χ0n) is 18.3. The number of fused-ring (bicyclic) bond motifs is 2. The van der Waals surface area contributed by atoms with E-state index in [1.165, 1.54) is 68.5 Å². The molecule has 0 saturated carbocycles. The molecule has 3 aromatic carbocycles. The van der Waals surface area contributed by atoms with Gasteiger partial charge in [-0.3, -0.25) is 0 Å². The van der Waals surface area contributed by atoms with Gasteiger partial charge in [0.25, 0.3) is 0 Å². The highest BCUT2D eigenvalue weighted by Gasteiger charge is 2.30. The predicted molar refractivity (Wildman–Crippen MR) is 125 cm³/mol. The van der Waals surface area contributed by atoms with Crippen molar-refractivity contribution in [3.8, 4) is 11.1 Å². The molecule has 0 spiro atoms. The monoisotopic (exact) mass is 378 g/mol. The summed E-state index contributed by atoms with van der Waals surface area (Å²) in [5.74, 6) is 0.527. The van der Waals surface area contributed by atoms with Gasteiger partial charge in [-0.2, -0.15) is 0 Å². The van der Waals surface area contributed by atoms with Crippen LogP contribution in [-0.4, -0.2) is 0 Å². The van der Waals surface area contributed by atoms with Gasteiger partial charge in [-0.05, 0) is 92.8 Å².